The van der Waals surface area contributed by atoms with Crippen LogP contribution < -0.4 is 10.2 Å². The molecule has 0 bridgehead atoms. The molecule has 0 aliphatic carbocycles. The van der Waals surface area contributed by atoms with Gasteiger partial charge in [0.25, 0.3) is 0 Å². The van der Waals surface area contributed by atoms with E-state index in [2.05, 4.69) is 14.9 Å². The fourth-order valence-electron chi connectivity index (χ4n) is 2.99. The van der Waals surface area contributed by atoms with Crippen molar-refractivity contribution in [3.05, 3.63) is 11.9 Å². The quantitative estimate of drug-likeness (QED) is 0.792. The second-order valence-corrected chi connectivity index (χ2v) is 8.46. The predicted molar refractivity (Wildman–Crippen MR) is 93.0 cm³/mol. The lowest BCUT2D eigenvalue weighted by Crippen LogP contribution is -2.45. The summed E-state index contributed by atoms with van der Waals surface area (Å²) in [6.45, 7) is 3.90. The number of sulfonamides is 1. The van der Waals surface area contributed by atoms with Crippen molar-refractivity contribution in [3.8, 4) is 0 Å². The molecular weight excluding hydrogens is 314 g/mol. The summed E-state index contributed by atoms with van der Waals surface area (Å²) in [5, 5.41) is 3.53. The minimum absolute atomic E-state index is 0.257. The van der Waals surface area contributed by atoms with E-state index in [1.54, 1.807) is 4.31 Å². The van der Waals surface area contributed by atoms with Gasteiger partial charge in [-0.2, -0.15) is 0 Å². The average Bonchev–Trinajstić information content (AvgIpc) is 2.87. The first-order valence-electron chi connectivity index (χ1n) is 8.24. The molecule has 8 heteroatoms. The molecule has 0 atom stereocenters. The normalized spacial score (nSPS) is 17.6. The van der Waals surface area contributed by atoms with Crippen LogP contribution in [0.5, 0.6) is 0 Å². The maximum absolute atomic E-state index is 12.1. The van der Waals surface area contributed by atoms with Gasteiger partial charge in [0.1, 0.15) is 0 Å². The number of aromatic nitrogens is 2. The molecule has 132 valence electrons. The van der Waals surface area contributed by atoms with Crippen LogP contribution in [0.2, 0.25) is 0 Å². The topological polar surface area (TPSA) is 70.5 Å². The Kier molecular flexibility index (Phi) is 6.05. The summed E-state index contributed by atoms with van der Waals surface area (Å²) in [5.74, 6) is 1.19. The first kappa shape index (κ1) is 18.2. The fourth-order valence-corrected chi connectivity index (χ4v) is 4.53. The van der Waals surface area contributed by atoms with Gasteiger partial charge in [-0.15, -0.1) is 0 Å². The Hall–Kier alpha value is -1.12. The molecule has 2 heterocycles. The van der Waals surface area contributed by atoms with Crippen LogP contribution >= 0.6 is 0 Å². The summed E-state index contributed by atoms with van der Waals surface area (Å²) in [4.78, 5) is 6.39. The number of nitrogens with zero attached hydrogens (tertiary/aromatic N) is 4. The Morgan fingerprint density at radius 2 is 2.00 bits per heavy atom. The molecule has 0 aromatic carbocycles. The Balaban J connectivity index is 1.83. The highest BCUT2D eigenvalue weighted by Gasteiger charge is 2.27. The van der Waals surface area contributed by atoms with Crippen LogP contribution in [0, 0.1) is 0 Å². The molecule has 1 fully saturated rings. The Labute approximate surface area is 139 Å². The molecule has 0 unspecified atom stereocenters. The number of nitrogens with one attached hydrogen (secondary N) is 1. The van der Waals surface area contributed by atoms with E-state index in [9.17, 15) is 8.42 Å². The molecule has 1 N–H and O–H groups in total. The maximum atomic E-state index is 12.1. The highest BCUT2D eigenvalue weighted by atomic mass is 32.2. The SMILES string of the molecule is CCCS(=O)(=O)N1CCC(NCc2cnc(N(C)C)n2C)CC1. The summed E-state index contributed by atoms with van der Waals surface area (Å²) in [7, 11) is 2.92. The lowest BCUT2D eigenvalue weighted by Gasteiger charge is -2.31. The number of imidazole rings is 1. The predicted octanol–water partition coefficient (Wildman–Crippen LogP) is 0.780. The van der Waals surface area contributed by atoms with E-state index < -0.39 is 10.0 Å². The van der Waals surface area contributed by atoms with Crippen molar-refractivity contribution in [1.29, 1.82) is 0 Å². The molecule has 1 aliphatic heterocycles. The van der Waals surface area contributed by atoms with Gasteiger partial charge in [0.05, 0.1) is 17.6 Å². The number of anilines is 1. The molecule has 2 rings (SSSR count). The summed E-state index contributed by atoms with van der Waals surface area (Å²) in [6, 6.07) is 0.362. The van der Waals surface area contributed by atoms with E-state index in [0.29, 0.717) is 25.6 Å². The fraction of sp³-hybridized carbons (Fsp3) is 0.800. The van der Waals surface area contributed by atoms with Gasteiger partial charge in [0, 0.05) is 46.8 Å². The van der Waals surface area contributed by atoms with Crippen LogP contribution in [0.1, 0.15) is 31.9 Å². The Bertz CT molecular complexity index is 603. The van der Waals surface area contributed by atoms with Gasteiger partial charge in [0.15, 0.2) is 0 Å². The Morgan fingerprint density at radius 1 is 1.35 bits per heavy atom. The molecule has 7 nitrogen and oxygen atoms in total. The molecule has 1 aromatic heterocycles. The van der Waals surface area contributed by atoms with Gasteiger partial charge in [0.2, 0.25) is 16.0 Å². The summed E-state index contributed by atoms with van der Waals surface area (Å²) < 4.78 is 27.9. The highest BCUT2D eigenvalue weighted by molar-refractivity contribution is 7.89. The summed E-state index contributed by atoms with van der Waals surface area (Å²) >= 11 is 0. The summed E-state index contributed by atoms with van der Waals surface area (Å²) in [6.07, 6.45) is 4.29. The van der Waals surface area contributed by atoms with E-state index in [1.165, 1.54) is 0 Å². The molecule has 0 saturated carbocycles. The monoisotopic (exact) mass is 343 g/mol. The largest absolute Gasteiger partial charge is 0.348 e. The number of rotatable bonds is 7. The smallest absolute Gasteiger partial charge is 0.214 e. The van der Waals surface area contributed by atoms with Crippen molar-refractivity contribution >= 4 is 16.0 Å². The van der Waals surface area contributed by atoms with Crippen molar-refractivity contribution < 1.29 is 8.42 Å². The van der Waals surface area contributed by atoms with Gasteiger partial charge >= 0.3 is 0 Å². The minimum Gasteiger partial charge on any atom is -0.348 e. The van der Waals surface area contributed by atoms with E-state index in [1.807, 2.05) is 39.2 Å². The molecule has 0 radical (unpaired) electrons. The highest BCUT2D eigenvalue weighted by Crippen LogP contribution is 2.16. The molecule has 0 amide bonds. The van der Waals surface area contributed by atoms with E-state index in [-0.39, 0.29) is 5.75 Å². The third-order valence-corrected chi connectivity index (χ3v) is 6.42. The Morgan fingerprint density at radius 3 is 2.52 bits per heavy atom. The minimum atomic E-state index is -3.05. The summed E-state index contributed by atoms with van der Waals surface area (Å²) in [5.41, 5.74) is 1.13. The van der Waals surface area contributed by atoms with Gasteiger partial charge in [-0.25, -0.2) is 17.7 Å². The molecular formula is C15H29N5O2S. The van der Waals surface area contributed by atoms with Crippen LogP contribution in [-0.2, 0) is 23.6 Å². The first-order valence-corrected chi connectivity index (χ1v) is 9.85. The van der Waals surface area contributed by atoms with Crippen LogP contribution in [-0.4, -0.2) is 61.3 Å². The lowest BCUT2D eigenvalue weighted by atomic mass is 10.1. The van der Waals surface area contributed by atoms with Crippen LogP contribution in [0.15, 0.2) is 6.20 Å². The van der Waals surface area contributed by atoms with Gasteiger partial charge < -0.3 is 14.8 Å². The number of hydrogen-bond acceptors (Lipinski definition) is 5. The molecule has 1 aliphatic rings. The van der Waals surface area contributed by atoms with Crippen molar-refractivity contribution in [2.24, 2.45) is 7.05 Å². The molecule has 23 heavy (non-hydrogen) atoms. The number of hydrogen-bond donors (Lipinski definition) is 1. The lowest BCUT2D eigenvalue weighted by molar-refractivity contribution is 0.287. The zero-order chi connectivity index (χ0) is 17.0. The molecule has 0 spiro atoms. The third-order valence-electron chi connectivity index (χ3n) is 4.34. The van der Waals surface area contributed by atoms with Gasteiger partial charge in [-0.3, -0.25) is 0 Å². The van der Waals surface area contributed by atoms with Gasteiger partial charge in [-0.05, 0) is 19.3 Å². The molecule has 1 aromatic rings. The van der Waals surface area contributed by atoms with E-state index in [4.69, 9.17) is 0 Å². The number of piperidine rings is 1. The van der Waals surface area contributed by atoms with E-state index >= 15 is 0 Å². The van der Waals surface area contributed by atoms with Crippen molar-refractivity contribution in [1.82, 2.24) is 19.2 Å². The third kappa shape index (κ3) is 4.45. The van der Waals surface area contributed by atoms with Crippen LogP contribution in [0.25, 0.3) is 0 Å². The van der Waals surface area contributed by atoms with Crippen molar-refractivity contribution in [3.63, 3.8) is 0 Å². The maximum Gasteiger partial charge on any atom is 0.214 e. The van der Waals surface area contributed by atoms with Crippen LogP contribution in [0.4, 0.5) is 5.95 Å². The second kappa shape index (κ2) is 7.63. The van der Waals surface area contributed by atoms with E-state index in [0.717, 1.165) is 31.0 Å². The standard InChI is InChI=1S/C15H29N5O2S/c1-5-10-23(21,22)20-8-6-13(7-9-20)16-11-14-12-17-15(18(2)3)19(14)4/h12-13,16H,5-11H2,1-4H3. The van der Waals surface area contributed by atoms with Crippen molar-refractivity contribution in [2.75, 3.05) is 37.8 Å². The average molecular weight is 343 g/mol. The second-order valence-electron chi connectivity index (χ2n) is 6.37. The molecule has 1 saturated heterocycles. The van der Waals surface area contributed by atoms with Gasteiger partial charge in [-0.1, -0.05) is 6.92 Å². The van der Waals surface area contributed by atoms with Crippen LogP contribution in [0.3, 0.4) is 0 Å². The first-order chi connectivity index (χ1) is 10.8. The zero-order valence-corrected chi connectivity index (χ0v) is 15.4. The van der Waals surface area contributed by atoms with Crippen molar-refractivity contribution in [2.45, 2.75) is 38.8 Å². The zero-order valence-electron chi connectivity index (χ0n) is 14.6.